The molecule has 1 unspecified atom stereocenters. The van der Waals surface area contributed by atoms with Crippen molar-refractivity contribution in [2.75, 3.05) is 0 Å². The highest BCUT2D eigenvalue weighted by molar-refractivity contribution is 9.10. The van der Waals surface area contributed by atoms with Crippen LogP contribution in [0.4, 0.5) is 4.39 Å². The smallest absolute Gasteiger partial charge is 0.174 e. The van der Waals surface area contributed by atoms with Crippen LogP contribution >= 0.6 is 28.1 Å². The number of carbonyl (C=O) groups is 1. The fourth-order valence-corrected chi connectivity index (χ4v) is 3.98. The zero-order chi connectivity index (χ0) is 18.8. The minimum absolute atomic E-state index is 0.0117. The Hall–Kier alpha value is -2.05. The van der Waals surface area contributed by atoms with Gasteiger partial charge in [0.2, 0.25) is 0 Å². The molecule has 2 aromatic rings. The quantitative estimate of drug-likeness (QED) is 0.697. The molecule has 0 fully saturated rings. The van der Waals surface area contributed by atoms with Crippen molar-refractivity contribution in [2.45, 2.75) is 26.4 Å². The van der Waals surface area contributed by atoms with E-state index in [1.165, 1.54) is 12.1 Å². The number of benzene rings is 2. The first-order chi connectivity index (χ1) is 12.4. The molecule has 0 aromatic heterocycles. The number of hydrogen-bond donors (Lipinski definition) is 1. The summed E-state index contributed by atoms with van der Waals surface area (Å²) in [6.45, 7) is 3.93. The number of ketones is 1. The van der Waals surface area contributed by atoms with Gasteiger partial charge >= 0.3 is 0 Å². The lowest BCUT2D eigenvalue weighted by atomic mass is 9.92. The number of thiocarbonyl (C=S) groups is 1. The summed E-state index contributed by atoms with van der Waals surface area (Å²) in [4.78, 5) is 14.3. The Morgan fingerprint density at radius 2 is 1.88 bits per heavy atom. The Bertz CT molecular complexity index is 895. The van der Waals surface area contributed by atoms with Crippen molar-refractivity contribution in [2.24, 2.45) is 0 Å². The zero-order valence-corrected chi connectivity index (χ0v) is 16.8. The van der Waals surface area contributed by atoms with Crippen molar-refractivity contribution in [3.8, 4) is 0 Å². The third kappa shape index (κ3) is 3.71. The van der Waals surface area contributed by atoms with Gasteiger partial charge in [-0.15, -0.1) is 0 Å². The van der Waals surface area contributed by atoms with Gasteiger partial charge in [0.25, 0.3) is 0 Å². The lowest BCUT2D eigenvalue weighted by Crippen LogP contribution is -2.47. The molecule has 1 N–H and O–H groups in total. The molecule has 0 spiro atoms. The average molecular weight is 433 g/mol. The van der Waals surface area contributed by atoms with Gasteiger partial charge in [-0.1, -0.05) is 46.3 Å². The van der Waals surface area contributed by atoms with E-state index in [1.54, 1.807) is 19.1 Å². The highest BCUT2D eigenvalue weighted by Gasteiger charge is 2.33. The van der Waals surface area contributed by atoms with Gasteiger partial charge in [-0.2, -0.15) is 0 Å². The number of Topliss-reactive ketones (excluding diaryl/α,β-unsaturated/α-hetero) is 1. The van der Waals surface area contributed by atoms with Crippen LogP contribution in [0.2, 0.25) is 0 Å². The number of nitrogens with one attached hydrogen (secondary N) is 1. The van der Waals surface area contributed by atoms with Crippen LogP contribution in [0.5, 0.6) is 0 Å². The number of allylic oxidation sites excluding steroid dienone is 1. The molecule has 0 amide bonds. The summed E-state index contributed by atoms with van der Waals surface area (Å²) in [5.41, 5.74) is 3.36. The average Bonchev–Trinajstić information content (AvgIpc) is 2.59. The monoisotopic (exact) mass is 432 g/mol. The summed E-state index contributed by atoms with van der Waals surface area (Å²) in [6.07, 6.45) is 0. The van der Waals surface area contributed by atoms with Crippen LogP contribution < -0.4 is 5.32 Å². The lowest BCUT2D eigenvalue weighted by molar-refractivity contribution is -0.114. The number of carbonyl (C=O) groups excluding carboxylic acids is 1. The largest absolute Gasteiger partial charge is 0.351 e. The zero-order valence-electron chi connectivity index (χ0n) is 14.4. The molecular weight excluding hydrogens is 415 g/mol. The van der Waals surface area contributed by atoms with Gasteiger partial charge < -0.3 is 10.2 Å². The molecular formula is C20H18BrFN2OS. The summed E-state index contributed by atoms with van der Waals surface area (Å²) in [7, 11) is 0. The topological polar surface area (TPSA) is 32.3 Å². The van der Waals surface area contributed by atoms with Crippen molar-refractivity contribution >= 4 is 39.0 Å². The summed E-state index contributed by atoms with van der Waals surface area (Å²) < 4.78 is 14.1. The standard InChI is InChI=1S/C20H18BrFN2OS/c1-12-18(13(2)25)19(16-5-3-4-6-17(16)21)23-20(26)24(12)11-14-7-9-15(22)10-8-14/h3-10,19H,11H2,1-2H3,(H,23,26). The third-order valence-corrected chi connectivity index (χ3v) is 5.51. The summed E-state index contributed by atoms with van der Waals surface area (Å²) in [6, 6.07) is 13.8. The summed E-state index contributed by atoms with van der Waals surface area (Å²) in [5.74, 6) is -0.291. The second kappa shape index (κ2) is 7.68. The number of halogens is 2. The Morgan fingerprint density at radius 3 is 2.50 bits per heavy atom. The molecule has 134 valence electrons. The van der Waals surface area contributed by atoms with E-state index in [9.17, 15) is 9.18 Å². The lowest BCUT2D eigenvalue weighted by Gasteiger charge is -2.38. The highest BCUT2D eigenvalue weighted by Crippen LogP contribution is 2.35. The molecule has 2 aromatic carbocycles. The van der Waals surface area contributed by atoms with Gasteiger partial charge in [0.1, 0.15) is 5.82 Å². The second-order valence-corrected chi connectivity index (χ2v) is 7.41. The van der Waals surface area contributed by atoms with E-state index in [2.05, 4.69) is 21.2 Å². The SMILES string of the molecule is CC(=O)C1=C(C)N(Cc2ccc(F)cc2)C(=S)NC1c1ccccc1Br. The minimum atomic E-state index is -0.306. The third-order valence-electron chi connectivity index (χ3n) is 4.45. The van der Waals surface area contributed by atoms with Crippen molar-refractivity contribution in [3.63, 3.8) is 0 Å². The minimum Gasteiger partial charge on any atom is -0.351 e. The maximum absolute atomic E-state index is 13.2. The molecule has 1 aliphatic heterocycles. The second-order valence-electron chi connectivity index (χ2n) is 6.17. The Labute approximate surface area is 166 Å². The normalized spacial score (nSPS) is 17.3. The molecule has 0 saturated heterocycles. The van der Waals surface area contributed by atoms with Crippen LogP contribution in [0.1, 0.15) is 31.0 Å². The summed E-state index contributed by atoms with van der Waals surface area (Å²) >= 11 is 9.13. The van der Waals surface area contributed by atoms with Gasteiger partial charge in [-0.25, -0.2) is 4.39 Å². The predicted octanol–water partition coefficient (Wildman–Crippen LogP) is 4.88. The van der Waals surface area contributed by atoms with Crippen LogP contribution in [0.15, 0.2) is 64.3 Å². The Kier molecular flexibility index (Phi) is 5.53. The van der Waals surface area contributed by atoms with Crippen molar-refractivity contribution < 1.29 is 9.18 Å². The molecule has 26 heavy (non-hydrogen) atoms. The van der Waals surface area contributed by atoms with E-state index in [0.29, 0.717) is 17.2 Å². The molecule has 6 heteroatoms. The first-order valence-electron chi connectivity index (χ1n) is 8.17. The van der Waals surface area contributed by atoms with Gasteiger partial charge in [0, 0.05) is 22.3 Å². The molecule has 3 nitrogen and oxygen atoms in total. The first-order valence-corrected chi connectivity index (χ1v) is 9.37. The van der Waals surface area contributed by atoms with Crippen LogP contribution in [-0.4, -0.2) is 15.8 Å². The van der Waals surface area contributed by atoms with Gasteiger partial charge in [-0.05, 0) is 55.4 Å². The fraction of sp³-hybridized carbons (Fsp3) is 0.200. The van der Waals surface area contributed by atoms with Crippen LogP contribution in [0.25, 0.3) is 0 Å². The van der Waals surface area contributed by atoms with E-state index in [-0.39, 0.29) is 17.6 Å². The van der Waals surface area contributed by atoms with Crippen LogP contribution in [-0.2, 0) is 11.3 Å². The van der Waals surface area contributed by atoms with Crippen LogP contribution in [0, 0.1) is 5.82 Å². The molecule has 0 aliphatic carbocycles. The molecule has 0 saturated carbocycles. The van der Waals surface area contributed by atoms with E-state index in [4.69, 9.17) is 12.2 Å². The first kappa shape index (κ1) is 18.7. The van der Waals surface area contributed by atoms with Crippen molar-refractivity contribution in [1.29, 1.82) is 0 Å². The predicted molar refractivity (Wildman–Crippen MR) is 108 cm³/mol. The van der Waals surface area contributed by atoms with E-state index < -0.39 is 0 Å². The summed E-state index contributed by atoms with van der Waals surface area (Å²) in [5, 5.41) is 3.83. The fourth-order valence-electron chi connectivity index (χ4n) is 3.14. The Morgan fingerprint density at radius 1 is 1.23 bits per heavy atom. The number of rotatable bonds is 4. The molecule has 1 heterocycles. The molecule has 1 aliphatic rings. The molecule has 3 rings (SSSR count). The van der Waals surface area contributed by atoms with E-state index in [0.717, 1.165) is 21.3 Å². The van der Waals surface area contributed by atoms with Crippen LogP contribution in [0.3, 0.4) is 0 Å². The molecule has 0 bridgehead atoms. The molecule has 0 radical (unpaired) electrons. The van der Waals surface area contributed by atoms with Gasteiger partial charge in [0.05, 0.1) is 6.04 Å². The number of hydrogen-bond acceptors (Lipinski definition) is 2. The van der Waals surface area contributed by atoms with Gasteiger partial charge in [-0.3, -0.25) is 4.79 Å². The van der Waals surface area contributed by atoms with Crippen molar-refractivity contribution in [3.05, 3.63) is 81.2 Å². The van der Waals surface area contributed by atoms with Crippen molar-refractivity contribution in [1.82, 2.24) is 10.2 Å². The molecule has 1 atom stereocenters. The maximum Gasteiger partial charge on any atom is 0.174 e. The Balaban J connectivity index is 2.01. The van der Waals surface area contributed by atoms with E-state index in [1.807, 2.05) is 36.1 Å². The maximum atomic E-state index is 13.2. The highest BCUT2D eigenvalue weighted by atomic mass is 79.9. The van der Waals surface area contributed by atoms with Gasteiger partial charge in [0.15, 0.2) is 10.9 Å². The van der Waals surface area contributed by atoms with E-state index >= 15 is 0 Å². The number of nitrogens with zero attached hydrogens (tertiary/aromatic N) is 1.